The molecule has 0 bridgehead atoms. The first-order valence-electron chi connectivity index (χ1n) is 5.20. The van der Waals surface area contributed by atoms with Crippen molar-refractivity contribution >= 4 is 32.7 Å². The van der Waals surface area contributed by atoms with Crippen LogP contribution in [0.5, 0.6) is 0 Å². The maximum absolute atomic E-state index is 12.1. The van der Waals surface area contributed by atoms with Gasteiger partial charge in [-0.3, -0.25) is 4.72 Å². The van der Waals surface area contributed by atoms with E-state index < -0.39 is 10.0 Å². The number of hydrogen-bond donors (Lipinski definition) is 2. The van der Waals surface area contributed by atoms with E-state index in [-0.39, 0.29) is 4.21 Å². The molecule has 0 aliphatic rings. The molecule has 0 radical (unpaired) electrons. The molecule has 0 saturated heterocycles. The van der Waals surface area contributed by atoms with Gasteiger partial charge in [-0.05, 0) is 37.6 Å². The lowest BCUT2D eigenvalue weighted by atomic mass is 10.2. The van der Waals surface area contributed by atoms with E-state index >= 15 is 0 Å². The van der Waals surface area contributed by atoms with E-state index in [1.54, 1.807) is 32.0 Å². The third-order valence-electron chi connectivity index (χ3n) is 2.36. The number of anilines is 2. The van der Waals surface area contributed by atoms with Crippen LogP contribution in [0.25, 0.3) is 0 Å². The molecule has 0 spiro atoms. The van der Waals surface area contributed by atoms with Gasteiger partial charge >= 0.3 is 0 Å². The topological polar surface area (TPSA) is 85.1 Å². The third kappa shape index (κ3) is 2.62. The van der Waals surface area contributed by atoms with Crippen molar-refractivity contribution in [1.82, 2.24) is 4.98 Å². The highest BCUT2D eigenvalue weighted by Crippen LogP contribution is 2.24. The van der Waals surface area contributed by atoms with Gasteiger partial charge < -0.3 is 5.73 Å². The maximum atomic E-state index is 12.1. The molecule has 1 aromatic heterocycles. The lowest BCUT2D eigenvalue weighted by Gasteiger charge is -2.09. The summed E-state index contributed by atoms with van der Waals surface area (Å²) in [5, 5.41) is 0.712. The fourth-order valence-electron chi connectivity index (χ4n) is 1.46. The van der Waals surface area contributed by atoms with E-state index in [9.17, 15) is 8.42 Å². The Morgan fingerprint density at radius 2 is 2.06 bits per heavy atom. The minimum atomic E-state index is -3.56. The summed E-state index contributed by atoms with van der Waals surface area (Å²) in [6.07, 6.45) is 1.36. The smallest absolute Gasteiger partial charge is 0.273 e. The fourth-order valence-corrected chi connectivity index (χ4v) is 3.70. The molecule has 3 N–H and O–H groups in total. The zero-order chi connectivity index (χ0) is 13.3. The average Bonchev–Trinajstić information content (AvgIpc) is 2.70. The summed E-state index contributed by atoms with van der Waals surface area (Å²) in [6, 6.07) is 5.02. The number of nitrogens with zero attached hydrogens (tertiary/aromatic N) is 1. The van der Waals surface area contributed by atoms with E-state index in [4.69, 9.17) is 5.73 Å². The second kappa shape index (κ2) is 4.58. The number of benzene rings is 1. The van der Waals surface area contributed by atoms with Crippen molar-refractivity contribution < 1.29 is 8.42 Å². The second-order valence-electron chi connectivity index (χ2n) is 3.88. The van der Waals surface area contributed by atoms with Gasteiger partial charge in [-0.1, -0.05) is 0 Å². The molecule has 0 atom stereocenters. The first-order chi connectivity index (χ1) is 8.38. The molecule has 7 heteroatoms. The van der Waals surface area contributed by atoms with Crippen molar-refractivity contribution in [1.29, 1.82) is 0 Å². The molecule has 2 aromatic rings. The van der Waals surface area contributed by atoms with Gasteiger partial charge in [-0.25, -0.2) is 13.4 Å². The largest absolute Gasteiger partial charge is 0.399 e. The molecule has 18 heavy (non-hydrogen) atoms. The standard InChI is InChI=1S/C11H13N3O2S2/c1-7-5-9(12)3-4-10(7)14-18(15,16)11-6-13-8(2)17-11/h3-6,14H,12H2,1-2H3. The van der Waals surface area contributed by atoms with E-state index in [0.717, 1.165) is 16.9 Å². The van der Waals surface area contributed by atoms with Crippen LogP contribution in [0, 0.1) is 13.8 Å². The maximum Gasteiger partial charge on any atom is 0.273 e. The van der Waals surface area contributed by atoms with Crippen LogP contribution in [0.4, 0.5) is 11.4 Å². The molecule has 1 heterocycles. The van der Waals surface area contributed by atoms with Crippen molar-refractivity contribution in [2.45, 2.75) is 18.1 Å². The molecule has 0 fully saturated rings. The zero-order valence-electron chi connectivity index (χ0n) is 9.97. The summed E-state index contributed by atoms with van der Waals surface area (Å²) in [6.45, 7) is 3.56. The number of aromatic nitrogens is 1. The zero-order valence-corrected chi connectivity index (χ0v) is 11.6. The first kappa shape index (κ1) is 12.8. The van der Waals surface area contributed by atoms with Gasteiger partial charge in [-0.15, -0.1) is 11.3 Å². The SMILES string of the molecule is Cc1ncc(S(=O)(=O)Nc2ccc(N)cc2C)s1. The van der Waals surface area contributed by atoms with Gasteiger partial charge in [0.25, 0.3) is 10.0 Å². The number of nitrogens with two attached hydrogens (primary N) is 1. The summed E-state index contributed by atoms with van der Waals surface area (Å²) in [7, 11) is -3.56. The summed E-state index contributed by atoms with van der Waals surface area (Å²) < 4.78 is 26.9. The van der Waals surface area contributed by atoms with Crippen LogP contribution in [-0.2, 0) is 10.0 Å². The average molecular weight is 283 g/mol. The predicted molar refractivity (Wildman–Crippen MR) is 73.3 cm³/mol. The second-order valence-corrected chi connectivity index (χ2v) is 7.02. The molecule has 1 aromatic carbocycles. The Morgan fingerprint density at radius 1 is 1.33 bits per heavy atom. The highest BCUT2D eigenvalue weighted by Gasteiger charge is 2.17. The number of rotatable bonds is 3. The monoisotopic (exact) mass is 283 g/mol. The molecule has 0 saturated carbocycles. The molecule has 96 valence electrons. The molecule has 0 aliphatic carbocycles. The highest BCUT2D eigenvalue weighted by atomic mass is 32.2. The van der Waals surface area contributed by atoms with E-state index in [1.807, 2.05) is 0 Å². The van der Waals surface area contributed by atoms with Crippen molar-refractivity contribution in [3.8, 4) is 0 Å². The summed E-state index contributed by atoms with van der Waals surface area (Å²) in [5.41, 5.74) is 7.52. The third-order valence-corrected chi connectivity index (χ3v) is 5.10. The van der Waals surface area contributed by atoms with Crippen LogP contribution in [0.1, 0.15) is 10.6 Å². The Balaban J connectivity index is 2.33. The van der Waals surface area contributed by atoms with Gasteiger partial charge in [0.2, 0.25) is 0 Å². The van der Waals surface area contributed by atoms with Crippen LogP contribution in [0.2, 0.25) is 0 Å². The quantitative estimate of drug-likeness (QED) is 0.845. The minimum absolute atomic E-state index is 0.205. The minimum Gasteiger partial charge on any atom is -0.399 e. The molecule has 0 unspecified atom stereocenters. The van der Waals surface area contributed by atoms with Crippen LogP contribution < -0.4 is 10.5 Å². The van der Waals surface area contributed by atoms with Crippen LogP contribution in [-0.4, -0.2) is 13.4 Å². The predicted octanol–water partition coefficient (Wildman–Crippen LogP) is 2.14. The van der Waals surface area contributed by atoms with Gasteiger partial charge in [0, 0.05) is 5.69 Å². The number of hydrogen-bond acceptors (Lipinski definition) is 5. The first-order valence-corrected chi connectivity index (χ1v) is 7.50. The number of nitrogens with one attached hydrogen (secondary N) is 1. The Hall–Kier alpha value is -1.60. The van der Waals surface area contributed by atoms with E-state index in [2.05, 4.69) is 9.71 Å². The molecule has 2 rings (SSSR count). The normalized spacial score (nSPS) is 11.4. The Bertz CT molecular complexity index is 677. The summed E-state index contributed by atoms with van der Waals surface area (Å²) in [4.78, 5) is 3.94. The summed E-state index contributed by atoms with van der Waals surface area (Å²) in [5.74, 6) is 0. The lowest BCUT2D eigenvalue weighted by molar-refractivity contribution is 0.603. The Kier molecular flexibility index (Phi) is 3.27. The number of sulfonamides is 1. The van der Waals surface area contributed by atoms with Crippen LogP contribution >= 0.6 is 11.3 Å². The molecular weight excluding hydrogens is 270 g/mol. The van der Waals surface area contributed by atoms with Crippen molar-refractivity contribution in [3.63, 3.8) is 0 Å². The summed E-state index contributed by atoms with van der Waals surface area (Å²) >= 11 is 1.14. The molecule has 0 aliphatic heterocycles. The fraction of sp³-hybridized carbons (Fsp3) is 0.182. The van der Waals surface area contributed by atoms with Gasteiger partial charge in [-0.2, -0.15) is 0 Å². The molecule has 5 nitrogen and oxygen atoms in total. The van der Waals surface area contributed by atoms with Gasteiger partial charge in [0.1, 0.15) is 0 Å². The van der Waals surface area contributed by atoms with Crippen molar-refractivity contribution in [2.75, 3.05) is 10.5 Å². The molecule has 0 amide bonds. The Morgan fingerprint density at radius 3 is 2.61 bits per heavy atom. The molecular formula is C11H13N3O2S2. The van der Waals surface area contributed by atoms with Crippen molar-refractivity contribution in [2.24, 2.45) is 0 Å². The van der Waals surface area contributed by atoms with E-state index in [1.165, 1.54) is 6.20 Å². The van der Waals surface area contributed by atoms with Crippen LogP contribution in [0.15, 0.2) is 28.6 Å². The van der Waals surface area contributed by atoms with Crippen molar-refractivity contribution in [3.05, 3.63) is 35.0 Å². The van der Waals surface area contributed by atoms with Gasteiger partial charge in [0.05, 0.1) is 16.9 Å². The number of aryl methyl sites for hydroxylation is 2. The number of nitrogen functional groups attached to an aromatic ring is 1. The highest BCUT2D eigenvalue weighted by molar-refractivity contribution is 7.94. The van der Waals surface area contributed by atoms with Crippen LogP contribution in [0.3, 0.4) is 0 Å². The van der Waals surface area contributed by atoms with E-state index in [0.29, 0.717) is 16.4 Å². The Labute approximate surface area is 110 Å². The number of thiazole rings is 1. The van der Waals surface area contributed by atoms with Gasteiger partial charge in [0.15, 0.2) is 4.21 Å². The lowest BCUT2D eigenvalue weighted by Crippen LogP contribution is -2.12.